The Balaban J connectivity index is 1.82. The molecule has 0 aliphatic carbocycles. The van der Waals surface area contributed by atoms with Crippen LogP contribution in [-0.4, -0.2) is 12.6 Å². The Kier molecular flexibility index (Phi) is 6.09. The van der Waals surface area contributed by atoms with Crippen molar-refractivity contribution in [3.05, 3.63) is 64.7 Å². The van der Waals surface area contributed by atoms with Crippen molar-refractivity contribution in [3.8, 4) is 0 Å². The zero-order valence-electron chi connectivity index (χ0n) is 12.7. The Hall–Kier alpha value is -2.21. The lowest BCUT2D eigenvalue weighted by molar-refractivity contribution is -0.137. The lowest BCUT2D eigenvalue weighted by Crippen LogP contribution is -2.29. The van der Waals surface area contributed by atoms with E-state index < -0.39 is 22.8 Å². The third kappa shape index (κ3) is 5.45. The number of alkyl halides is 3. The summed E-state index contributed by atoms with van der Waals surface area (Å²) in [6, 6.07) is 12.5. The Morgan fingerprint density at radius 1 is 1.08 bits per heavy atom. The van der Waals surface area contributed by atoms with Crippen molar-refractivity contribution >= 4 is 23.3 Å². The number of carbonyl (C=O) groups excluding carboxylic acids is 1. The van der Waals surface area contributed by atoms with Crippen LogP contribution in [0.25, 0.3) is 0 Å². The van der Waals surface area contributed by atoms with Gasteiger partial charge in [-0.3, -0.25) is 0 Å². The molecule has 0 unspecified atom stereocenters. The maximum atomic E-state index is 12.8. The van der Waals surface area contributed by atoms with E-state index in [1.807, 2.05) is 30.3 Å². The second kappa shape index (κ2) is 8.06. The smallest absolute Gasteiger partial charge is 0.338 e. The highest BCUT2D eigenvalue weighted by Crippen LogP contribution is 2.36. The molecule has 0 radical (unpaired) electrons. The van der Waals surface area contributed by atoms with Crippen LogP contribution in [-0.2, 0) is 12.6 Å². The first-order chi connectivity index (χ1) is 11.4. The van der Waals surface area contributed by atoms with Crippen LogP contribution in [0, 0.1) is 0 Å². The number of amides is 2. The number of carbonyl (C=O) groups is 1. The normalized spacial score (nSPS) is 11.2. The summed E-state index contributed by atoms with van der Waals surface area (Å²) in [6.07, 6.45) is -3.03. The molecule has 2 rings (SSSR count). The number of hydrogen-bond acceptors (Lipinski definition) is 1. The Morgan fingerprint density at radius 2 is 1.79 bits per heavy atom. The summed E-state index contributed by atoms with van der Waals surface area (Å²) in [5.74, 6) is 0. The van der Waals surface area contributed by atoms with Gasteiger partial charge in [-0.2, -0.15) is 13.2 Å². The van der Waals surface area contributed by atoms with E-state index >= 15 is 0 Å². The highest BCUT2D eigenvalue weighted by atomic mass is 35.5. The van der Waals surface area contributed by atoms with Crippen molar-refractivity contribution in [1.29, 1.82) is 0 Å². The first-order valence-electron chi connectivity index (χ1n) is 7.32. The van der Waals surface area contributed by atoms with E-state index in [9.17, 15) is 18.0 Å². The zero-order chi connectivity index (χ0) is 17.6. The van der Waals surface area contributed by atoms with E-state index in [1.165, 1.54) is 6.07 Å². The fraction of sp³-hybridized carbons (Fsp3) is 0.235. The molecule has 0 saturated heterocycles. The van der Waals surface area contributed by atoms with Gasteiger partial charge in [-0.15, -0.1) is 0 Å². The van der Waals surface area contributed by atoms with Crippen LogP contribution in [0.3, 0.4) is 0 Å². The minimum absolute atomic E-state index is 0.0345. The molecule has 0 aromatic heterocycles. The van der Waals surface area contributed by atoms with Gasteiger partial charge in [0.05, 0.1) is 10.6 Å². The molecule has 0 heterocycles. The van der Waals surface area contributed by atoms with Gasteiger partial charge in [0.25, 0.3) is 0 Å². The van der Waals surface area contributed by atoms with Crippen LogP contribution in [0.5, 0.6) is 0 Å². The van der Waals surface area contributed by atoms with E-state index in [1.54, 1.807) is 0 Å². The number of halogens is 4. The van der Waals surface area contributed by atoms with Crippen LogP contribution >= 0.6 is 11.6 Å². The van der Waals surface area contributed by atoms with Gasteiger partial charge in [0.2, 0.25) is 0 Å². The predicted molar refractivity (Wildman–Crippen MR) is 88.2 cm³/mol. The summed E-state index contributed by atoms with van der Waals surface area (Å²) in [5.41, 5.74) is 0.213. The molecule has 2 aromatic rings. The second-order valence-corrected chi connectivity index (χ2v) is 5.57. The Labute approximate surface area is 142 Å². The van der Waals surface area contributed by atoms with Crippen LogP contribution < -0.4 is 10.6 Å². The number of anilines is 1. The number of benzene rings is 2. The van der Waals surface area contributed by atoms with Gasteiger partial charge in [0, 0.05) is 12.2 Å². The molecular formula is C17H16ClF3N2O. The van der Waals surface area contributed by atoms with E-state index in [4.69, 9.17) is 11.6 Å². The summed E-state index contributed by atoms with van der Waals surface area (Å²) in [6.45, 7) is 0.417. The monoisotopic (exact) mass is 356 g/mol. The number of urea groups is 1. The summed E-state index contributed by atoms with van der Waals surface area (Å²) >= 11 is 5.53. The molecule has 0 fully saturated rings. The van der Waals surface area contributed by atoms with Crippen molar-refractivity contribution in [1.82, 2.24) is 5.32 Å². The van der Waals surface area contributed by atoms with Crippen molar-refractivity contribution in [2.75, 3.05) is 11.9 Å². The van der Waals surface area contributed by atoms with Crippen LogP contribution in [0.4, 0.5) is 23.7 Å². The largest absolute Gasteiger partial charge is 0.417 e. The van der Waals surface area contributed by atoms with Gasteiger partial charge in [-0.05, 0) is 36.6 Å². The van der Waals surface area contributed by atoms with E-state index in [0.717, 1.165) is 30.5 Å². The molecule has 0 aliphatic rings. The number of hydrogen-bond donors (Lipinski definition) is 2. The molecule has 7 heteroatoms. The van der Waals surface area contributed by atoms with Gasteiger partial charge >= 0.3 is 12.2 Å². The van der Waals surface area contributed by atoms with Crippen molar-refractivity contribution < 1.29 is 18.0 Å². The molecule has 24 heavy (non-hydrogen) atoms. The third-order valence-corrected chi connectivity index (χ3v) is 3.63. The molecule has 3 nitrogen and oxygen atoms in total. The summed E-state index contributed by atoms with van der Waals surface area (Å²) in [7, 11) is 0. The van der Waals surface area contributed by atoms with Gasteiger partial charge in [-0.1, -0.05) is 41.9 Å². The molecule has 2 N–H and O–H groups in total. The Morgan fingerprint density at radius 3 is 2.46 bits per heavy atom. The SMILES string of the molecule is O=C(NCCCc1ccccc1)Nc1ccc(Cl)c(C(F)(F)F)c1. The fourth-order valence-corrected chi connectivity index (χ4v) is 2.36. The number of nitrogens with one attached hydrogen (secondary N) is 2. The Bertz CT molecular complexity index is 690. The molecule has 0 aliphatic heterocycles. The molecule has 0 saturated carbocycles. The predicted octanol–water partition coefficient (Wildman–Crippen LogP) is 5.11. The van der Waals surface area contributed by atoms with Crippen LogP contribution in [0.2, 0.25) is 5.02 Å². The maximum absolute atomic E-state index is 12.8. The highest BCUT2D eigenvalue weighted by molar-refractivity contribution is 6.31. The molecule has 0 bridgehead atoms. The van der Waals surface area contributed by atoms with Gasteiger partial charge in [-0.25, -0.2) is 4.79 Å². The second-order valence-electron chi connectivity index (χ2n) is 5.16. The summed E-state index contributed by atoms with van der Waals surface area (Å²) < 4.78 is 38.3. The van der Waals surface area contributed by atoms with Gasteiger partial charge < -0.3 is 10.6 Å². The molecule has 2 amide bonds. The van der Waals surface area contributed by atoms with E-state index in [2.05, 4.69) is 10.6 Å². The third-order valence-electron chi connectivity index (χ3n) is 3.30. The molecule has 0 spiro atoms. The quantitative estimate of drug-likeness (QED) is 0.718. The van der Waals surface area contributed by atoms with Crippen molar-refractivity contribution in [2.45, 2.75) is 19.0 Å². The van der Waals surface area contributed by atoms with E-state index in [0.29, 0.717) is 6.54 Å². The fourth-order valence-electron chi connectivity index (χ4n) is 2.13. The van der Waals surface area contributed by atoms with Crippen LogP contribution in [0.15, 0.2) is 48.5 Å². The highest BCUT2D eigenvalue weighted by Gasteiger charge is 2.33. The van der Waals surface area contributed by atoms with Gasteiger partial charge in [0.1, 0.15) is 0 Å². The minimum atomic E-state index is -4.57. The number of rotatable bonds is 5. The van der Waals surface area contributed by atoms with Gasteiger partial charge in [0.15, 0.2) is 0 Å². The lowest BCUT2D eigenvalue weighted by atomic mass is 10.1. The van der Waals surface area contributed by atoms with Crippen LogP contribution in [0.1, 0.15) is 17.5 Å². The standard InChI is InChI=1S/C17H16ClF3N2O/c18-15-9-8-13(11-14(15)17(19,20)21)23-16(24)22-10-4-7-12-5-2-1-3-6-12/h1-3,5-6,8-9,11H,4,7,10H2,(H2,22,23,24). The molecular weight excluding hydrogens is 341 g/mol. The molecule has 2 aromatic carbocycles. The topological polar surface area (TPSA) is 41.1 Å². The van der Waals surface area contributed by atoms with Crippen molar-refractivity contribution in [3.63, 3.8) is 0 Å². The first kappa shape index (κ1) is 18.1. The molecule has 0 atom stereocenters. The summed E-state index contributed by atoms with van der Waals surface area (Å²) in [5, 5.41) is 4.58. The average Bonchev–Trinajstić information content (AvgIpc) is 2.53. The lowest BCUT2D eigenvalue weighted by Gasteiger charge is -2.12. The summed E-state index contributed by atoms with van der Waals surface area (Å²) in [4.78, 5) is 11.7. The first-order valence-corrected chi connectivity index (χ1v) is 7.69. The maximum Gasteiger partial charge on any atom is 0.417 e. The number of aryl methyl sites for hydroxylation is 1. The van der Waals surface area contributed by atoms with Crippen molar-refractivity contribution in [2.24, 2.45) is 0 Å². The average molecular weight is 357 g/mol. The molecule has 128 valence electrons. The minimum Gasteiger partial charge on any atom is -0.338 e. The zero-order valence-corrected chi connectivity index (χ0v) is 13.4. The van der Waals surface area contributed by atoms with E-state index in [-0.39, 0.29) is 5.69 Å².